The number of benzene rings is 1. The Balaban J connectivity index is 1.81. The van der Waals surface area contributed by atoms with E-state index in [0.29, 0.717) is 17.0 Å². The molecular weight excluding hydrogens is 388 g/mol. The molecule has 160 valence electrons. The molecule has 0 atom stereocenters. The van der Waals surface area contributed by atoms with Crippen molar-refractivity contribution in [2.75, 3.05) is 5.32 Å². The number of nitrogens with one attached hydrogen (secondary N) is 2. The van der Waals surface area contributed by atoms with Crippen molar-refractivity contribution in [2.24, 2.45) is 0 Å². The lowest BCUT2D eigenvalue weighted by Crippen LogP contribution is -2.14. The van der Waals surface area contributed by atoms with Crippen molar-refractivity contribution in [3.8, 4) is 11.3 Å². The second-order valence-electron chi connectivity index (χ2n) is 9.16. The molecular formula is C24H28N6O. The molecule has 1 amide bonds. The van der Waals surface area contributed by atoms with Gasteiger partial charge in [0.1, 0.15) is 0 Å². The molecule has 0 aliphatic heterocycles. The van der Waals surface area contributed by atoms with E-state index in [-0.39, 0.29) is 17.4 Å². The zero-order valence-corrected chi connectivity index (χ0v) is 18.8. The topological polar surface area (TPSA) is 88.5 Å². The fraction of sp³-hybridized carbons (Fsp3) is 0.333. The smallest absolute Gasteiger partial charge is 0.257 e. The van der Waals surface area contributed by atoms with Crippen LogP contribution in [0, 0.1) is 6.92 Å². The van der Waals surface area contributed by atoms with Crippen molar-refractivity contribution in [1.82, 2.24) is 25.0 Å². The summed E-state index contributed by atoms with van der Waals surface area (Å²) in [4.78, 5) is 18.2. The number of aryl methyl sites for hydroxylation is 1. The number of pyridine rings is 1. The number of hydrogen-bond donors (Lipinski definition) is 2. The molecule has 0 saturated heterocycles. The van der Waals surface area contributed by atoms with E-state index in [9.17, 15) is 4.79 Å². The summed E-state index contributed by atoms with van der Waals surface area (Å²) in [5.74, 6) is 0.256. The fourth-order valence-electron chi connectivity index (χ4n) is 3.54. The molecule has 0 fully saturated rings. The van der Waals surface area contributed by atoms with Crippen LogP contribution in [0.1, 0.15) is 62.3 Å². The highest BCUT2D eigenvalue weighted by Crippen LogP contribution is 2.29. The number of H-pyrrole nitrogens is 1. The lowest BCUT2D eigenvalue weighted by molar-refractivity contribution is 0.102. The Bertz CT molecular complexity index is 1260. The van der Waals surface area contributed by atoms with Crippen molar-refractivity contribution in [3.05, 3.63) is 59.4 Å². The molecule has 2 N–H and O–H groups in total. The van der Waals surface area contributed by atoms with Crippen LogP contribution in [0.2, 0.25) is 0 Å². The Morgan fingerprint density at radius 1 is 1.16 bits per heavy atom. The van der Waals surface area contributed by atoms with E-state index in [1.165, 1.54) is 0 Å². The van der Waals surface area contributed by atoms with Crippen molar-refractivity contribution in [3.63, 3.8) is 0 Å². The number of anilines is 1. The Kier molecular flexibility index (Phi) is 5.13. The molecule has 0 unspecified atom stereocenters. The third-order valence-corrected chi connectivity index (χ3v) is 5.35. The van der Waals surface area contributed by atoms with Gasteiger partial charge >= 0.3 is 0 Å². The minimum Gasteiger partial charge on any atom is -0.305 e. The maximum absolute atomic E-state index is 13.3. The van der Waals surface area contributed by atoms with E-state index in [2.05, 4.69) is 41.4 Å². The highest BCUT2D eigenvalue weighted by atomic mass is 16.1. The number of aromatic amines is 1. The number of carbonyl (C=O) groups excluding carboxylic acids is 1. The van der Waals surface area contributed by atoms with Crippen LogP contribution in [-0.4, -0.2) is 30.9 Å². The molecule has 4 aromatic rings. The maximum Gasteiger partial charge on any atom is 0.257 e. The van der Waals surface area contributed by atoms with Crippen LogP contribution in [0.4, 0.5) is 5.82 Å². The SMILES string of the molecule is Cc1ccccc1-c1cc(C(=O)Nc2cc(C(C)(C)C)[nH]n2)c2cnn(C(C)C)c2n1. The Labute approximate surface area is 181 Å². The van der Waals surface area contributed by atoms with Crippen LogP contribution < -0.4 is 5.32 Å². The van der Waals surface area contributed by atoms with Gasteiger partial charge in [-0.05, 0) is 32.4 Å². The summed E-state index contributed by atoms with van der Waals surface area (Å²) in [5.41, 5.74) is 4.92. The fourth-order valence-corrected chi connectivity index (χ4v) is 3.54. The second kappa shape index (κ2) is 7.65. The second-order valence-corrected chi connectivity index (χ2v) is 9.16. The van der Waals surface area contributed by atoms with Gasteiger partial charge in [0, 0.05) is 28.8 Å². The van der Waals surface area contributed by atoms with Gasteiger partial charge in [-0.25, -0.2) is 9.67 Å². The number of nitrogens with zero attached hydrogens (tertiary/aromatic N) is 4. The number of carbonyl (C=O) groups is 1. The first-order chi connectivity index (χ1) is 14.6. The Morgan fingerprint density at radius 2 is 1.90 bits per heavy atom. The summed E-state index contributed by atoms with van der Waals surface area (Å²) in [6.07, 6.45) is 1.71. The van der Waals surface area contributed by atoms with Crippen molar-refractivity contribution < 1.29 is 4.79 Å². The molecule has 0 aliphatic carbocycles. The van der Waals surface area contributed by atoms with Crippen LogP contribution in [0.25, 0.3) is 22.3 Å². The van der Waals surface area contributed by atoms with Gasteiger partial charge in [-0.3, -0.25) is 9.89 Å². The largest absolute Gasteiger partial charge is 0.305 e. The summed E-state index contributed by atoms with van der Waals surface area (Å²) >= 11 is 0. The summed E-state index contributed by atoms with van der Waals surface area (Å²) in [7, 11) is 0. The van der Waals surface area contributed by atoms with E-state index >= 15 is 0 Å². The minimum absolute atomic E-state index is 0.0870. The predicted molar refractivity (Wildman–Crippen MR) is 123 cm³/mol. The molecule has 0 aliphatic rings. The van der Waals surface area contributed by atoms with Crippen LogP contribution >= 0.6 is 0 Å². The van der Waals surface area contributed by atoms with Gasteiger partial charge in [-0.2, -0.15) is 10.2 Å². The molecule has 0 saturated carbocycles. The first-order valence-corrected chi connectivity index (χ1v) is 10.5. The summed E-state index contributed by atoms with van der Waals surface area (Å²) in [5, 5.41) is 15.4. The van der Waals surface area contributed by atoms with Crippen molar-refractivity contribution in [2.45, 2.75) is 53.0 Å². The molecule has 7 nitrogen and oxygen atoms in total. The zero-order valence-electron chi connectivity index (χ0n) is 18.8. The van der Waals surface area contributed by atoms with Gasteiger partial charge in [0.2, 0.25) is 0 Å². The maximum atomic E-state index is 13.3. The molecule has 0 spiro atoms. The van der Waals surface area contributed by atoms with Crippen molar-refractivity contribution >= 4 is 22.8 Å². The Hall–Kier alpha value is -3.48. The van der Waals surface area contributed by atoms with Crippen molar-refractivity contribution in [1.29, 1.82) is 0 Å². The average molecular weight is 417 g/mol. The third kappa shape index (κ3) is 3.95. The van der Waals surface area contributed by atoms with E-state index in [4.69, 9.17) is 4.98 Å². The molecule has 3 heterocycles. The first kappa shape index (κ1) is 20.8. The molecule has 0 radical (unpaired) electrons. The molecule has 1 aromatic carbocycles. The quantitative estimate of drug-likeness (QED) is 0.475. The number of hydrogen-bond acceptors (Lipinski definition) is 4. The highest BCUT2D eigenvalue weighted by molar-refractivity contribution is 6.12. The molecule has 3 aromatic heterocycles. The van der Waals surface area contributed by atoms with Gasteiger partial charge in [-0.1, -0.05) is 45.0 Å². The molecule has 0 bridgehead atoms. The zero-order chi connectivity index (χ0) is 22.3. The highest BCUT2D eigenvalue weighted by Gasteiger charge is 2.21. The number of amides is 1. The van der Waals surface area contributed by atoms with Crippen LogP contribution in [0.3, 0.4) is 0 Å². The van der Waals surface area contributed by atoms with E-state index in [1.54, 1.807) is 6.20 Å². The third-order valence-electron chi connectivity index (χ3n) is 5.35. The van der Waals surface area contributed by atoms with Gasteiger partial charge in [0.05, 0.1) is 22.8 Å². The van der Waals surface area contributed by atoms with Gasteiger partial charge in [0.25, 0.3) is 5.91 Å². The molecule has 4 rings (SSSR count). The van der Waals surface area contributed by atoms with Crippen LogP contribution in [0.15, 0.2) is 42.6 Å². The molecule has 31 heavy (non-hydrogen) atoms. The number of aromatic nitrogens is 5. The summed E-state index contributed by atoms with van der Waals surface area (Å²) in [6, 6.07) is 11.9. The number of rotatable bonds is 4. The normalized spacial score (nSPS) is 12.0. The van der Waals surface area contributed by atoms with Gasteiger partial charge < -0.3 is 5.32 Å². The van der Waals surface area contributed by atoms with Gasteiger partial charge in [0.15, 0.2) is 11.5 Å². The predicted octanol–water partition coefficient (Wildman–Crippen LogP) is 5.26. The Morgan fingerprint density at radius 3 is 2.55 bits per heavy atom. The van der Waals surface area contributed by atoms with E-state index in [0.717, 1.165) is 27.9 Å². The standard InChI is InChI=1S/C24H28N6O/c1-14(2)30-22-18(13-25-30)17(11-19(26-22)16-10-8-7-9-15(16)3)23(31)27-21-12-20(28-29-21)24(4,5)6/h7-14H,1-6H3,(H2,27,28,29,31). The van der Waals surface area contributed by atoms with Gasteiger partial charge in [-0.15, -0.1) is 0 Å². The first-order valence-electron chi connectivity index (χ1n) is 10.5. The minimum atomic E-state index is -0.238. The molecule has 7 heteroatoms. The van der Waals surface area contributed by atoms with E-state index < -0.39 is 0 Å². The summed E-state index contributed by atoms with van der Waals surface area (Å²) < 4.78 is 1.85. The van der Waals surface area contributed by atoms with Crippen LogP contribution in [0.5, 0.6) is 0 Å². The lowest BCUT2D eigenvalue weighted by atomic mass is 9.92. The summed E-state index contributed by atoms with van der Waals surface area (Å²) in [6.45, 7) is 12.4. The van der Waals surface area contributed by atoms with Crippen LogP contribution in [-0.2, 0) is 5.41 Å². The number of fused-ring (bicyclic) bond motifs is 1. The monoisotopic (exact) mass is 416 g/mol. The average Bonchev–Trinajstić information content (AvgIpc) is 3.34. The lowest BCUT2D eigenvalue weighted by Gasteiger charge is -2.14. The van der Waals surface area contributed by atoms with E-state index in [1.807, 2.05) is 61.9 Å².